The molecule has 25 heavy (non-hydrogen) atoms. The summed E-state index contributed by atoms with van der Waals surface area (Å²) in [6, 6.07) is 10.8. The molecule has 0 spiro atoms. The van der Waals surface area contributed by atoms with Gasteiger partial charge in [-0.1, -0.05) is 25.1 Å². The molecule has 1 fully saturated rings. The maximum atomic E-state index is 11.9. The first kappa shape index (κ1) is 19.6. The zero-order chi connectivity index (χ0) is 17.9. The number of carbonyl (C=O) groups excluding carboxylic acids is 1. The third-order valence-electron chi connectivity index (χ3n) is 4.42. The van der Waals surface area contributed by atoms with Crippen LogP contribution >= 0.6 is 11.8 Å². The van der Waals surface area contributed by atoms with Gasteiger partial charge in [0.25, 0.3) is 0 Å². The fourth-order valence-corrected chi connectivity index (χ4v) is 3.86. The lowest BCUT2D eigenvalue weighted by molar-refractivity contribution is -0.129. The number of guanidine groups is 1. The van der Waals surface area contributed by atoms with Gasteiger partial charge in [0.05, 0.1) is 0 Å². The van der Waals surface area contributed by atoms with Gasteiger partial charge < -0.3 is 15.5 Å². The second-order valence-corrected chi connectivity index (χ2v) is 7.30. The Kier molecular flexibility index (Phi) is 8.66. The van der Waals surface area contributed by atoms with Crippen molar-refractivity contribution in [2.45, 2.75) is 43.5 Å². The first-order chi connectivity index (χ1) is 12.2. The number of carbonyl (C=O) groups is 1. The maximum absolute atomic E-state index is 11.9. The van der Waals surface area contributed by atoms with Crippen LogP contribution in [0.3, 0.4) is 0 Å². The third kappa shape index (κ3) is 6.61. The molecule has 0 saturated carbocycles. The summed E-state index contributed by atoms with van der Waals surface area (Å²) < 4.78 is 0. The van der Waals surface area contributed by atoms with Crippen LogP contribution in [0.2, 0.25) is 0 Å². The highest BCUT2D eigenvalue weighted by molar-refractivity contribution is 7.99. The molecule has 2 rings (SSSR count). The van der Waals surface area contributed by atoms with Gasteiger partial charge in [0.2, 0.25) is 5.91 Å². The number of hydrogen-bond acceptors (Lipinski definition) is 3. The first-order valence-corrected chi connectivity index (χ1v) is 10.1. The Morgan fingerprint density at radius 1 is 1.28 bits per heavy atom. The number of nitrogens with zero attached hydrogens (tertiary/aromatic N) is 2. The second-order valence-electron chi connectivity index (χ2n) is 6.13. The minimum Gasteiger partial charge on any atom is -0.356 e. The van der Waals surface area contributed by atoms with Gasteiger partial charge in [0.15, 0.2) is 5.96 Å². The zero-order valence-corrected chi connectivity index (χ0v) is 16.1. The monoisotopic (exact) mass is 362 g/mol. The van der Waals surface area contributed by atoms with Gasteiger partial charge in [-0.05, 0) is 31.4 Å². The molecule has 2 N–H and O–H groups in total. The number of benzene rings is 1. The average Bonchev–Trinajstić information content (AvgIpc) is 3.07. The second kappa shape index (κ2) is 11.0. The van der Waals surface area contributed by atoms with Crippen LogP contribution in [0.25, 0.3) is 0 Å². The van der Waals surface area contributed by atoms with E-state index < -0.39 is 0 Å². The zero-order valence-electron chi connectivity index (χ0n) is 15.3. The molecular formula is C19H30N4OS. The van der Waals surface area contributed by atoms with E-state index in [1.54, 1.807) is 7.05 Å². The summed E-state index contributed by atoms with van der Waals surface area (Å²) in [6.07, 6.45) is 3.69. The fourth-order valence-electron chi connectivity index (χ4n) is 3.07. The SMILES string of the molecule is CCC(CCNC(=NC)NCCSc1ccccc1)N1CCCC1=O. The van der Waals surface area contributed by atoms with Crippen LogP contribution in [0.1, 0.15) is 32.6 Å². The molecule has 1 amide bonds. The molecule has 1 aliphatic heterocycles. The average molecular weight is 363 g/mol. The van der Waals surface area contributed by atoms with Crippen LogP contribution in [0.4, 0.5) is 0 Å². The van der Waals surface area contributed by atoms with Crippen LogP contribution in [0, 0.1) is 0 Å². The molecule has 1 aromatic rings. The van der Waals surface area contributed by atoms with Crippen LogP contribution in [0.5, 0.6) is 0 Å². The number of amides is 1. The number of rotatable bonds is 9. The van der Waals surface area contributed by atoms with E-state index in [1.165, 1.54) is 4.90 Å². The van der Waals surface area contributed by atoms with Crippen molar-refractivity contribution in [3.05, 3.63) is 30.3 Å². The molecule has 1 saturated heterocycles. The number of hydrogen-bond donors (Lipinski definition) is 2. The highest BCUT2D eigenvalue weighted by Crippen LogP contribution is 2.18. The van der Waals surface area contributed by atoms with Gasteiger partial charge in [0, 0.05) is 49.8 Å². The van der Waals surface area contributed by atoms with E-state index in [1.807, 2.05) is 22.7 Å². The Morgan fingerprint density at radius 3 is 2.68 bits per heavy atom. The van der Waals surface area contributed by atoms with E-state index in [0.29, 0.717) is 18.4 Å². The summed E-state index contributed by atoms with van der Waals surface area (Å²) in [6.45, 7) is 4.76. The standard InChI is InChI=1S/C19H30N4OS/c1-3-16(23-14-7-10-18(23)24)11-12-21-19(20-2)22-13-15-25-17-8-5-4-6-9-17/h4-6,8-9,16H,3,7,10-15H2,1-2H3,(H2,20,21,22). The van der Waals surface area contributed by atoms with Gasteiger partial charge in [-0.3, -0.25) is 9.79 Å². The number of aliphatic imine (C=N–C) groups is 1. The maximum Gasteiger partial charge on any atom is 0.222 e. The normalized spacial score (nSPS) is 16.2. The van der Waals surface area contributed by atoms with Crippen LogP contribution in [-0.4, -0.2) is 55.2 Å². The fraction of sp³-hybridized carbons (Fsp3) is 0.579. The first-order valence-electron chi connectivity index (χ1n) is 9.16. The molecule has 1 heterocycles. The van der Waals surface area contributed by atoms with E-state index in [-0.39, 0.29) is 0 Å². The molecule has 0 bridgehead atoms. The molecule has 0 aromatic heterocycles. The van der Waals surface area contributed by atoms with Gasteiger partial charge in [0.1, 0.15) is 0 Å². The smallest absolute Gasteiger partial charge is 0.222 e. The van der Waals surface area contributed by atoms with E-state index >= 15 is 0 Å². The van der Waals surface area contributed by atoms with E-state index in [2.05, 4.69) is 46.8 Å². The molecule has 1 aliphatic rings. The van der Waals surface area contributed by atoms with Crippen LogP contribution in [-0.2, 0) is 4.79 Å². The third-order valence-corrected chi connectivity index (χ3v) is 5.44. The van der Waals surface area contributed by atoms with Crippen LogP contribution in [0.15, 0.2) is 40.2 Å². The lowest BCUT2D eigenvalue weighted by Crippen LogP contribution is -2.42. The molecule has 1 unspecified atom stereocenters. The van der Waals surface area contributed by atoms with Crippen molar-refractivity contribution in [3.63, 3.8) is 0 Å². The molecular weight excluding hydrogens is 332 g/mol. The molecule has 1 atom stereocenters. The van der Waals surface area contributed by atoms with Crippen molar-refractivity contribution >= 4 is 23.6 Å². The minimum atomic E-state index is 0.312. The minimum absolute atomic E-state index is 0.312. The summed E-state index contributed by atoms with van der Waals surface area (Å²) in [7, 11) is 1.79. The highest BCUT2D eigenvalue weighted by atomic mass is 32.2. The van der Waals surface area contributed by atoms with Crippen molar-refractivity contribution in [1.82, 2.24) is 15.5 Å². The van der Waals surface area contributed by atoms with E-state index in [9.17, 15) is 4.79 Å². The van der Waals surface area contributed by atoms with Gasteiger partial charge >= 0.3 is 0 Å². The summed E-state index contributed by atoms with van der Waals surface area (Å²) >= 11 is 1.83. The molecule has 6 heteroatoms. The highest BCUT2D eigenvalue weighted by Gasteiger charge is 2.26. The number of nitrogens with one attached hydrogen (secondary N) is 2. The largest absolute Gasteiger partial charge is 0.356 e. The van der Waals surface area contributed by atoms with Crippen molar-refractivity contribution in [2.24, 2.45) is 4.99 Å². The number of likely N-dealkylation sites (tertiary alicyclic amines) is 1. The lowest BCUT2D eigenvalue weighted by Gasteiger charge is -2.27. The quantitative estimate of drug-likeness (QED) is 0.307. The topological polar surface area (TPSA) is 56.7 Å². The van der Waals surface area contributed by atoms with Gasteiger partial charge in [-0.2, -0.15) is 0 Å². The number of thioether (sulfide) groups is 1. The Morgan fingerprint density at radius 2 is 2.04 bits per heavy atom. The Balaban J connectivity index is 1.63. The predicted molar refractivity (Wildman–Crippen MR) is 106 cm³/mol. The molecule has 0 aliphatic carbocycles. The molecule has 138 valence electrons. The summed E-state index contributed by atoms with van der Waals surface area (Å²) in [4.78, 5) is 19.5. The van der Waals surface area contributed by atoms with Crippen molar-refractivity contribution in [1.29, 1.82) is 0 Å². The Hall–Kier alpha value is -1.69. The van der Waals surface area contributed by atoms with Crippen molar-refractivity contribution < 1.29 is 4.79 Å². The van der Waals surface area contributed by atoms with Gasteiger partial charge in [-0.15, -0.1) is 11.8 Å². The lowest BCUT2D eigenvalue weighted by atomic mass is 10.1. The molecule has 0 radical (unpaired) electrons. The Labute approximate surface area is 155 Å². The summed E-state index contributed by atoms with van der Waals surface area (Å²) in [5.41, 5.74) is 0. The van der Waals surface area contributed by atoms with Crippen LogP contribution < -0.4 is 10.6 Å². The van der Waals surface area contributed by atoms with E-state index in [4.69, 9.17) is 0 Å². The summed E-state index contributed by atoms with van der Waals surface area (Å²) in [5, 5.41) is 6.71. The molecule has 5 nitrogen and oxygen atoms in total. The van der Waals surface area contributed by atoms with Crippen molar-refractivity contribution in [2.75, 3.05) is 32.4 Å². The van der Waals surface area contributed by atoms with E-state index in [0.717, 1.165) is 50.6 Å². The predicted octanol–water partition coefficient (Wildman–Crippen LogP) is 2.73. The molecule has 1 aromatic carbocycles. The summed E-state index contributed by atoms with van der Waals surface area (Å²) in [5.74, 6) is 2.13. The van der Waals surface area contributed by atoms with Crippen molar-refractivity contribution in [3.8, 4) is 0 Å². The van der Waals surface area contributed by atoms with Gasteiger partial charge in [-0.25, -0.2) is 0 Å². The Bertz CT molecular complexity index is 550.